The quantitative estimate of drug-likeness (QED) is 0.405. The van der Waals surface area contributed by atoms with Crippen molar-refractivity contribution in [1.29, 1.82) is 0 Å². The van der Waals surface area contributed by atoms with Crippen LogP contribution < -0.4 is 0 Å². The van der Waals surface area contributed by atoms with Crippen molar-refractivity contribution in [2.75, 3.05) is 7.05 Å². The van der Waals surface area contributed by atoms with Gasteiger partial charge >= 0.3 is 0 Å². The summed E-state index contributed by atoms with van der Waals surface area (Å²) in [6, 6.07) is 9.80. The van der Waals surface area contributed by atoms with E-state index in [1.165, 1.54) is 54.4 Å². The Hall–Kier alpha value is -2.19. The second-order valence-corrected chi connectivity index (χ2v) is 6.57. The molecule has 0 aliphatic heterocycles. The molecule has 0 saturated heterocycles. The summed E-state index contributed by atoms with van der Waals surface area (Å²) in [5.41, 5.74) is 0.646. The van der Waals surface area contributed by atoms with E-state index in [1.807, 2.05) is 0 Å². The number of nitro groups is 1. The Morgan fingerprint density at radius 3 is 2.48 bits per heavy atom. The van der Waals surface area contributed by atoms with Crippen LogP contribution in [0.2, 0.25) is 5.02 Å². The van der Waals surface area contributed by atoms with Gasteiger partial charge in [0.15, 0.2) is 0 Å². The number of hydrogen-bond donors (Lipinski definition) is 0. The minimum Gasteiger partial charge on any atom is -0.337 e. The van der Waals surface area contributed by atoms with Gasteiger partial charge in [-0.3, -0.25) is 14.9 Å². The van der Waals surface area contributed by atoms with Gasteiger partial charge < -0.3 is 4.90 Å². The monoisotopic (exact) mass is 386 g/mol. The molecule has 0 unspecified atom stereocenters. The molecule has 0 N–H and O–H groups in total. The van der Waals surface area contributed by atoms with E-state index < -0.39 is 10.7 Å². The Labute approximate surface area is 151 Å². The Balaban J connectivity index is 2.12. The van der Waals surface area contributed by atoms with Crippen LogP contribution in [0, 0.1) is 10.1 Å². The average molecular weight is 387 g/mol. The molecule has 0 atom stereocenters. The molecular formula is C16H13ClF2N2O3S. The topological polar surface area (TPSA) is 63.4 Å². The van der Waals surface area contributed by atoms with Crippen LogP contribution in [-0.4, -0.2) is 28.5 Å². The van der Waals surface area contributed by atoms with Crippen LogP contribution in [0.3, 0.4) is 0 Å². The van der Waals surface area contributed by atoms with Gasteiger partial charge in [-0.2, -0.15) is 8.78 Å². The molecule has 0 spiro atoms. The normalized spacial score (nSPS) is 10.8. The predicted octanol–water partition coefficient (Wildman–Crippen LogP) is 4.84. The molecule has 0 radical (unpaired) electrons. The number of non-ortho nitro benzene ring substituents is 1. The van der Waals surface area contributed by atoms with E-state index in [0.29, 0.717) is 32.8 Å². The maximum atomic E-state index is 12.4. The van der Waals surface area contributed by atoms with Crippen LogP contribution in [0.15, 0.2) is 47.4 Å². The lowest BCUT2D eigenvalue weighted by Crippen LogP contribution is -2.26. The summed E-state index contributed by atoms with van der Waals surface area (Å²) in [4.78, 5) is 24.4. The van der Waals surface area contributed by atoms with Crippen LogP contribution in [0.1, 0.15) is 15.9 Å². The maximum Gasteiger partial charge on any atom is 0.288 e. The zero-order valence-corrected chi connectivity index (χ0v) is 14.6. The molecule has 2 aromatic carbocycles. The maximum absolute atomic E-state index is 12.4. The van der Waals surface area contributed by atoms with Crippen molar-refractivity contribution in [2.45, 2.75) is 17.2 Å². The molecule has 0 aliphatic rings. The molecule has 2 aromatic rings. The minimum atomic E-state index is -2.53. The van der Waals surface area contributed by atoms with E-state index in [1.54, 1.807) is 0 Å². The first-order valence-corrected chi connectivity index (χ1v) is 8.27. The van der Waals surface area contributed by atoms with Gasteiger partial charge in [-0.25, -0.2) is 0 Å². The zero-order chi connectivity index (χ0) is 18.6. The molecule has 1 amide bonds. The summed E-state index contributed by atoms with van der Waals surface area (Å²) in [7, 11) is 1.53. The fraction of sp³-hybridized carbons (Fsp3) is 0.188. The van der Waals surface area contributed by atoms with Crippen molar-refractivity contribution in [2.24, 2.45) is 0 Å². The molecule has 0 aromatic heterocycles. The fourth-order valence-electron chi connectivity index (χ4n) is 2.12. The summed E-state index contributed by atoms with van der Waals surface area (Å²) in [5, 5.41) is 11.2. The van der Waals surface area contributed by atoms with Gasteiger partial charge in [-0.15, -0.1) is 0 Å². The first kappa shape index (κ1) is 19.1. The SMILES string of the molecule is CN(Cc1cc([N+](=O)[O-])ccc1Cl)C(=O)c1ccc(SC(F)F)cc1. The van der Waals surface area contributed by atoms with Crippen molar-refractivity contribution in [3.8, 4) is 0 Å². The summed E-state index contributed by atoms with van der Waals surface area (Å²) < 4.78 is 24.6. The van der Waals surface area contributed by atoms with Crippen LogP contribution >= 0.6 is 23.4 Å². The third kappa shape index (κ3) is 5.14. The number of thioether (sulfide) groups is 1. The Morgan fingerprint density at radius 1 is 1.28 bits per heavy atom. The van der Waals surface area contributed by atoms with Crippen molar-refractivity contribution < 1.29 is 18.5 Å². The Bertz CT molecular complexity index is 787. The largest absolute Gasteiger partial charge is 0.337 e. The van der Waals surface area contributed by atoms with Gasteiger partial charge in [0.1, 0.15) is 0 Å². The van der Waals surface area contributed by atoms with E-state index in [9.17, 15) is 23.7 Å². The van der Waals surface area contributed by atoms with Gasteiger partial charge in [-0.05, 0) is 35.9 Å². The van der Waals surface area contributed by atoms with Gasteiger partial charge in [-0.1, -0.05) is 23.4 Å². The predicted molar refractivity (Wildman–Crippen MR) is 92.2 cm³/mol. The lowest BCUT2D eigenvalue weighted by atomic mass is 10.1. The number of halogens is 3. The molecular weight excluding hydrogens is 374 g/mol. The van der Waals surface area contributed by atoms with E-state index in [-0.39, 0.29) is 18.1 Å². The molecule has 9 heteroatoms. The van der Waals surface area contributed by atoms with Crippen LogP contribution in [0.5, 0.6) is 0 Å². The molecule has 0 heterocycles. The Morgan fingerprint density at radius 2 is 1.92 bits per heavy atom. The molecule has 0 aliphatic carbocycles. The Kier molecular flexibility index (Phi) is 6.33. The first-order valence-electron chi connectivity index (χ1n) is 7.01. The highest BCUT2D eigenvalue weighted by Gasteiger charge is 2.16. The number of rotatable bonds is 6. The third-order valence-corrected chi connectivity index (χ3v) is 4.41. The van der Waals surface area contributed by atoms with E-state index in [0.717, 1.165) is 0 Å². The van der Waals surface area contributed by atoms with Crippen molar-refractivity contribution >= 4 is 35.0 Å². The van der Waals surface area contributed by atoms with Gasteiger partial charge in [0, 0.05) is 41.2 Å². The molecule has 2 rings (SSSR count). The molecule has 132 valence electrons. The molecule has 25 heavy (non-hydrogen) atoms. The molecule has 5 nitrogen and oxygen atoms in total. The summed E-state index contributed by atoms with van der Waals surface area (Å²) in [5.74, 6) is -2.88. The number of nitrogens with zero attached hydrogens (tertiary/aromatic N) is 2. The summed E-state index contributed by atoms with van der Waals surface area (Å²) in [6.45, 7) is 0.0763. The third-order valence-electron chi connectivity index (χ3n) is 3.32. The second-order valence-electron chi connectivity index (χ2n) is 5.10. The smallest absolute Gasteiger partial charge is 0.288 e. The highest BCUT2D eigenvalue weighted by Crippen LogP contribution is 2.26. The van der Waals surface area contributed by atoms with Crippen molar-refractivity contribution in [3.63, 3.8) is 0 Å². The molecule has 0 bridgehead atoms. The number of benzene rings is 2. The van der Waals surface area contributed by atoms with Gasteiger partial charge in [0.25, 0.3) is 17.4 Å². The first-order chi connectivity index (χ1) is 11.8. The highest BCUT2D eigenvalue weighted by molar-refractivity contribution is 7.99. The molecule has 0 fully saturated rings. The van der Waals surface area contributed by atoms with E-state index >= 15 is 0 Å². The molecule has 0 saturated carbocycles. The van der Waals surface area contributed by atoms with Crippen LogP contribution in [0.25, 0.3) is 0 Å². The average Bonchev–Trinajstić information content (AvgIpc) is 2.56. The van der Waals surface area contributed by atoms with Crippen molar-refractivity contribution in [3.05, 3.63) is 68.7 Å². The number of hydrogen-bond acceptors (Lipinski definition) is 4. The lowest BCUT2D eigenvalue weighted by molar-refractivity contribution is -0.384. The minimum absolute atomic E-state index is 0.0763. The van der Waals surface area contributed by atoms with Gasteiger partial charge in [0.2, 0.25) is 0 Å². The summed E-state index contributed by atoms with van der Waals surface area (Å²) >= 11 is 6.43. The number of carbonyl (C=O) groups is 1. The number of carbonyl (C=O) groups excluding carboxylic acids is 1. The number of nitro benzene ring substituents is 1. The summed E-state index contributed by atoms with van der Waals surface area (Å²) in [6.07, 6.45) is 0. The van der Waals surface area contributed by atoms with Crippen LogP contribution in [0.4, 0.5) is 14.5 Å². The van der Waals surface area contributed by atoms with Crippen LogP contribution in [-0.2, 0) is 6.54 Å². The zero-order valence-electron chi connectivity index (χ0n) is 13.0. The second kappa shape index (κ2) is 8.26. The standard InChI is InChI=1S/C16H13ClF2N2O3S/c1-20(9-11-8-12(21(23)24)4-7-14(11)17)15(22)10-2-5-13(6-3-10)25-16(18)19/h2-8,16H,9H2,1H3. The fourth-order valence-corrected chi connectivity index (χ4v) is 2.80. The number of alkyl halides is 2. The lowest BCUT2D eigenvalue weighted by Gasteiger charge is -2.18. The van der Waals surface area contributed by atoms with Gasteiger partial charge in [0.05, 0.1) is 4.92 Å². The van der Waals surface area contributed by atoms with Crippen molar-refractivity contribution in [1.82, 2.24) is 4.90 Å². The van der Waals surface area contributed by atoms with E-state index in [4.69, 9.17) is 11.6 Å². The number of amides is 1. The van der Waals surface area contributed by atoms with E-state index in [2.05, 4.69) is 0 Å². The highest BCUT2D eigenvalue weighted by atomic mass is 35.5.